The molecule has 0 heterocycles. The molecule has 1 atom stereocenters. The summed E-state index contributed by atoms with van der Waals surface area (Å²) in [6.07, 6.45) is 0. The van der Waals surface area contributed by atoms with Gasteiger partial charge in [0, 0.05) is 5.69 Å². The molecule has 0 radical (unpaired) electrons. The molecule has 2 aromatic rings. The summed E-state index contributed by atoms with van der Waals surface area (Å²) in [5.74, 6) is -0.205. The van der Waals surface area contributed by atoms with Crippen LogP contribution in [0.25, 0.3) is 0 Å². The summed E-state index contributed by atoms with van der Waals surface area (Å²) in [4.78, 5) is 12.6. The van der Waals surface area contributed by atoms with Gasteiger partial charge in [-0.15, -0.1) is 0 Å². The lowest BCUT2D eigenvalue weighted by molar-refractivity contribution is -0.120. The molecule has 0 aromatic heterocycles. The van der Waals surface area contributed by atoms with Crippen LogP contribution in [0.4, 0.5) is 5.69 Å². The lowest BCUT2D eigenvalue weighted by Gasteiger charge is -2.25. The fourth-order valence-electron chi connectivity index (χ4n) is 2.54. The Balaban J connectivity index is 2.30. The van der Waals surface area contributed by atoms with Crippen molar-refractivity contribution in [3.8, 4) is 0 Å². The highest BCUT2D eigenvalue weighted by Gasteiger charge is 2.30. The first kappa shape index (κ1) is 15.3. The van der Waals surface area contributed by atoms with E-state index in [1.165, 1.54) is 5.56 Å². The van der Waals surface area contributed by atoms with Gasteiger partial charge in [-0.3, -0.25) is 4.79 Å². The minimum Gasteiger partial charge on any atom is -0.324 e. The van der Waals surface area contributed by atoms with Crippen LogP contribution in [-0.2, 0) is 10.3 Å². The van der Waals surface area contributed by atoms with E-state index in [0.29, 0.717) is 0 Å². The van der Waals surface area contributed by atoms with Crippen molar-refractivity contribution in [2.75, 3.05) is 5.32 Å². The normalized spacial score (nSPS) is 13.6. The lowest BCUT2D eigenvalue weighted by atomic mass is 9.92. The zero-order chi connectivity index (χ0) is 15.6. The van der Waals surface area contributed by atoms with Gasteiger partial charge >= 0.3 is 0 Å². The van der Waals surface area contributed by atoms with E-state index in [4.69, 9.17) is 5.73 Å². The van der Waals surface area contributed by atoms with Gasteiger partial charge in [0.15, 0.2) is 0 Å². The van der Waals surface area contributed by atoms with Crippen molar-refractivity contribution in [3.05, 3.63) is 64.7 Å². The second-order valence-corrected chi connectivity index (χ2v) is 5.80. The van der Waals surface area contributed by atoms with Crippen molar-refractivity contribution in [2.24, 2.45) is 5.73 Å². The molecule has 0 aliphatic carbocycles. The predicted molar refractivity (Wildman–Crippen MR) is 87.3 cm³/mol. The highest BCUT2D eigenvalue weighted by atomic mass is 16.2. The predicted octanol–water partition coefficient (Wildman–Crippen LogP) is 3.42. The molecule has 0 saturated carbocycles. The SMILES string of the molecule is Cc1cc(C)c(NC(=O)C(C)(N)c2ccccc2)c(C)c1. The maximum Gasteiger partial charge on any atom is 0.248 e. The van der Waals surface area contributed by atoms with Crippen LogP contribution in [0.2, 0.25) is 0 Å². The van der Waals surface area contributed by atoms with Crippen molar-refractivity contribution >= 4 is 11.6 Å². The molecular formula is C18H22N2O. The Bertz CT molecular complexity index is 637. The number of rotatable bonds is 3. The molecule has 0 bridgehead atoms. The number of amides is 1. The number of carbonyl (C=O) groups is 1. The third-order valence-corrected chi connectivity index (χ3v) is 3.76. The van der Waals surface area contributed by atoms with Crippen LogP contribution in [0.15, 0.2) is 42.5 Å². The molecule has 1 unspecified atom stereocenters. The molecule has 0 aliphatic rings. The van der Waals surface area contributed by atoms with Crippen LogP contribution >= 0.6 is 0 Å². The Kier molecular flexibility index (Phi) is 4.14. The largest absolute Gasteiger partial charge is 0.324 e. The summed E-state index contributed by atoms with van der Waals surface area (Å²) < 4.78 is 0. The van der Waals surface area contributed by atoms with E-state index in [9.17, 15) is 4.79 Å². The molecule has 3 nitrogen and oxygen atoms in total. The monoisotopic (exact) mass is 282 g/mol. The molecular weight excluding hydrogens is 260 g/mol. The third kappa shape index (κ3) is 3.14. The quantitative estimate of drug-likeness (QED) is 0.906. The Labute approximate surface area is 126 Å². The lowest BCUT2D eigenvalue weighted by Crippen LogP contribution is -2.45. The van der Waals surface area contributed by atoms with E-state index < -0.39 is 5.54 Å². The second-order valence-electron chi connectivity index (χ2n) is 5.80. The molecule has 2 aromatic carbocycles. The van der Waals surface area contributed by atoms with Gasteiger partial charge in [-0.25, -0.2) is 0 Å². The molecule has 0 fully saturated rings. The molecule has 21 heavy (non-hydrogen) atoms. The van der Waals surface area contributed by atoms with Crippen LogP contribution in [0.1, 0.15) is 29.2 Å². The van der Waals surface area contributed by atoms with E-state index in [1.54, 1.807) is 6.92 Å². The Morgan fingerprint density at radius 1 is 1.05 bits per heavy atom. The molecule has 3 heteroatoms. The van der Waals surface area contributed by atoms with Gasteiger partial charge in [-0.1, -0.05) is 48.0 Å². The van der Waals surface area contributed by atoms with Gasteiger partial charge in [0.05, 0.1) is 0 Å². The van der Waals surface area contributed by atoms with Crippen molar-refractivity contribution in [1.82, 2.24) is 0 Å². The van der Waals surface area contributed by atoms with Crippen molar-refractivity contribution < 1.29 is 4.79 Å². The summed E-state index contributed by atoms with van der Waals surface area (Å²) in [7, 11) is 0. The highest BCUT2D eigenvalue weighted by molar-refractivity contribution is 5.99. The summed E-state index contributed by atoms with van der Waals surface area (Å²) in [6.45, 7) is 7.76. The first-order valence-electron chi connectivity index (χ1n) is 7.06. The Hall–Kier alpha value is -2.13. The first-order chi connectivity index (χ1) is 9.82. The Morgan fingerprint density at radius 3 is 2.10 bits per heavy atom. The minimum atomic E-state index is -1.06. The standard InChI is InChI=1S/C18H22N2O/c1-12-10-13(2)16(14(3)11-12)20-17(21)18(4,19)15-8-6-5-7-9-15/h5-11H,19H2,1-4H3,(H,20,21). The van der Waals surface area contributed by atoms with Crippen molar-refractivity contribution in [2.45, 2.75) is 33.2 Å². The molecule has 0 aliphatic heterocycles. The number of hydrogen-bond donors (Lipinski definition) is 2. The van der Waals surface area contributed by atoms with E-state index in [1.807, 2.05) is 51.1 Å². The number of aryl methyl sites for hydroxylation is 3. The second kappa shape index (κ2) is 5.70. The topological polar surface area (TPSA) is 55.1 Å². The van der Waals surface area contributed by atoms with Gasteiger partial charge in [0.2, 0.25) is 5.91 Å². The van der Waals surface area contributed by atoms with Crippen molar-refractivity contribution in [1.29, 1.82) is 0 Å². The number of anilines is 1. The van der Waals surface area contributed by atoms with Gasteiger partial charge in [-0.05, 0) is 44.4 Å². The average Bonchev–Trinajstić information content (AvgIpc) is 2.43. The van der Waals surface area contributed by atoms with Crippen LogP contribution in [0, 0.1) is 20.8 Å². The highest BCUT2D eigenvalue weighted by Crippen LogP contribution is 2.25. The number of carbonyl (C=O) groups excluding carboxylic acids is 1. The fourth-order valence-corrected chi connectivity index (χ4v) is 2.54. The van der Waals surface area contributed by atoms with Gasteiger partial charge in [-0.2, -0.15) is 0 Å². The van der Waals surface area contributed by atoms with Gasteiger partial charge in [0.25, 0.3) is 0 Å². The van der Waals surface area contributed by atoms with E-state index in [0.717, 1.165) is 22.4 Å². The number of nitrogens with two attached hydrogens (primary N) is 1. The average molecular weight is 282 g/mol. The summed E-state index contributed by atoms with van der Waals surface area (Å²) in [5.41, 5.74) is 10.1. The summed E-state index contributed by atoms with van der Waals surface area (Å²) in [6, 6.07) is 13.5. The Morgan fingerprint density at radius 2 is 1.57 bits per heavy atom. The third-order valence-electron chi connectivity index (χ3n) is 3.76. The molecule has 2 rings (SSSR count). The van der Waals surface area contributed by atoms with Crippen LogP contribution in [0.5, 0.6) is 0 Å². The molecule has 0 saturated heterocycles. The fraction of sp³-hybridized carbons (Fsp3) is 0.278. The number of benzene rings is 2. The smallest absolute Gasteiger partial charge is 0.248 e. The maximum absolute atomic E-state index is 12.6. The van der Waals surface area contributed by atoms with E-state index in [-0.39, 0.29) is 5.91 Å². The maximum atomic E-state index is 12.6. The number of hydrogen-bond acceptors (Lipinski definition) is 2. The van der Waals surface area contributed by atoms with Crippen LogP contribution in [0.3, 0.4) is 0 Å². The molecule has 110 valence electrons. The zero-order valence-corrected chi connectivity index (χ0v) is 13.0. The number of nitrogens with one attached hydrogen (secondary N) is 1. The van der Waals surface area contributed by atoms with Crippen LogP contribution < -0.4 is 11.1 Å². The zero-order valence-electron chi connectivity index (χ0n) is 13.0. The first-order valence-corrected chi connectivity index (χ1v) is 7.06. The van der Waals surface area contributed by atoms with Crippen molar-refractivity contribution in [3.63, 3.8) is 0 Å². The summed E-state index contributed by atoms with van der Waals surface area (Å²) in [5, 5.41) is 2.98. The van der Waals surface area contributed by atoms with Gasteiger partial charge in [0.1, 0.15) is 5.54 Å². The van der Waals surface area contributed by atoms with E-state index in [2.05, 4.69) is 17.4 Å². The molecule has 1 amide bonds. The molecule has 0 spiro atoms. The molecule has 3 N–H and O–H groups in total. The summed E-state index contributed by atoms with van der Waals surface area (Å²) >= 11 is 0. The van der Waals surface area contributed by atoms with Gasteiger partial charge < -0.3 is 11.1 Å². The van der Waals surface area contributed by atoms with E-state index >= 15 is 0 Å². The van der Waals surface area contributed by atoms with Crippen LogP contribution in [-0.4, -0.2) is 5.91 Å². The minimum absolute atomic E-state index is 0.205.